The summed E-state index contributed by atoms with van der Waals surface area (Å²) in [5.41, 5.74) is 3.18. The number of nitrogens with zero attached hydrogens (tertiary/aromatic N) is 1. The minimum Gasteiger partial charge on any atom is -0.326 e. The number of fused-ring (bicyclic) bond motifs is 1. The Kier molecular flexibility index (Phi) is 3.60. The fourth-order valence-electron chi connectivity index (χ4n) is 3.19. The summed E-state index contributed by atoms with van der Waals surface area (Å²) < 4.78 is 1.12. The Morgan fingerprint density at radius 1 is 1.36 bits per heavy atom. The Bertz CT molecular complexity index is 768. The molecule has 1 heterocycles. The van der Waals surface area contributed by atoms with E-state index < -0.39 is 0 Å². The lowest BCUT2D eigenvalue weighted by Gasteiger charge is -2.06. The molecule has 0 spiro atoms. The van der Waals surface area contributed by atoms with E-state index in [0.29, 0.717) is 5.92 Å². The molecule has 1 aromatic heterocycles. The van der Waals surface area contributed by atoms with Crippen LogP contribution in [0.5, 0.6) is 0 Å². The summed E-state index contributed by atoms with van der Waals surface area (Å²) in [5.74, 6) is 0.515. The van der Waals surface area contributed by atoms with Gasteiger partial charge in [-0.25, -0.2) is 4.98 Å². The zero-order valence-electron chi connectivity index (χ0n) is 13.7. The van der Waals surface area contributed by atoms with E-state index in [1.54, 1.807) is 11.3 Å². The number of hydrogen-bond acceptors (Lipinski definition) is 3. The van der Waals surface area contributed by atoms with Gasteiger partial charge in [-0.15, -0.1) is 11.3 Å². The largest absolute Gasteiger partial charge is 0.326 e. The van der Waals surface area contributed by atoms with E-state index in [0.717, 1.165) is 20.9 Å². The van der Waals surface area contributed by atoms with Crippen LogP contribution in [0.25, 0.3) is 10.2 Å². The number of nitrogens with one attached hydrogen (secondary N) is 1. The van der Waals surface area contributed by atoms with Crippen molar-refractivity contribution in [3.8, 4) is 0 Å². The number of thiazole rings is 1. The molecule has 1 amide bonds. The first-order valence-electron chi connectivity index (χ1n) is 7.62. The standard InChI is InChI=1S/C18H22N2OS/c1-10(2)8-13-16(18(13,4)5)17(21)20-12-6-7-14-15(9-12)22-11(3)19-14/h6-9,13,16H,1-5H3,(H,20,21)/t13-,16-/m0/s1. The lowest BCUT2D eigenvalue weighted by Crippen LogP contribution is -2.16. The third kappa shape index (κ3) is 2.68. The molecule has 1 N–H and O–H groups in total. The number of hydrogen-bond donors (Lipinski definition) is 1. The molecular weight excluding hydrogens is 292 g/mol. The SMILES string of the molecule is CC(C)=C[C@H]1[C@@H](C(=O)Nc2ccc3nc(C)sc3c2)C1(C)C. The lowest BCUT2D eigenvalue weighted by molar-refractivity contribution is -0.118. The highest BCUT2D eigenvalue weighted by molar-refractivity contribution is 7.18. The van der Waals surface area contributed by atoms with Gasteiger partial charge in [-0.1, -0.05) is 25.5 Å². The second-order valence-electron chi connectivity index (χ2n) is 6.97. The van der Waals surface area contributed by atoms with E-state index in [1.807, 2.05) is 25.1 Å². The second kappa shape index (κ2) is 5.20. The maximum absolute atomic E-state index is 12.6. The maximum atomic E-state index is 12.6. The number of allylic oxidation sites excluding steroid dienone is 2. The van der Waals surface area contributed by atoms with Crippen LogP contribution in [0.1, 0.15) is 32.7 Å². The molecule has 0 bridgehead atoms. The summed E-state index contributed by atoms with van der Waals surface area (Å²) in [5, 5.41) is 4.12. The van der Waals surface area contributed by atoms with Crippen LogP contribution in [0.2, 0.25) is 0 Å². The van der Waals surface area contributed by atoms with E-state index in [9.17, 15) is 4.79 Å². The summed E-state index contributed by atoms with van der Waals surface area (Å²) in [7, 11) is 0. The molecule has 22 heavy (non-hydrogen) atoms. The van der Waals surface area contributed by atoms with Gasteiger partial charge in [-0.05, 0) is 50.3 Å². The molecule has 0 radical (unpaired) electrons. The van der Waals surface area contributed by atoms with Gasteiger partial charge in [0.15, 0.2) is 0 Å². The number of carbonyl (C=O) groups excluding carboxylic acids is 1. The van der Waals surface area contributed by atoms with E-state index in [2.05, 4.69) is 44.1 Å². The van der Waals surface area contributed by atoms with Gasteiger partial charge in [0.25, 0.3) is 0 Å². The van der Waals surface area contributed by atoms with Crippen molar-refractivity contribution in [1.29, 1.82) is 0 Å². The van der Waals surface area contributed by atoms with E-state index in [-0.39, 0.29) is 17.2 Å². The van der Waals surface area contributed by atoms with E-state index in [1.165, 1.54) is 5.57 Å². The van der Waals surface area contributed by atoms with Gasteiger partial charge in [0.05, 0.1) is 21.1 Å². The van der Waals surface area contributed by atoms with Gasteiger partial charge in [-0.2, -0.15) is 0 Å². The highest BCUT2D eigenvalue weighted by Crippen LogP contribution is 2.59. The average Bonchev–Trinajstić information content (AvgIpc) is 2.75. The third-order valence-corrected chi connectivity index (χ3v) is 5.40. The van der Waals surface area contributed by atoms with Crippen LogP contribution in [0, 0.1) is 24.2 Å². The quantitative estimate of drug-likeness (QED) is 0.828. The number of rotatable bonds is 3. The minimum absolute atomic E-state index is 0.0481. The molecule has 1 saturated carbocycles. The molecule has 2 atom stereocenters. The van der Waals surface area contributed by atoms with Gasteiger partial charge >= 0.3 is 0 Å². The Labute approximate surface area is 135 Å². The molecule has 2 aromatic rings. The molecule has 4 heteroatoms. The van der Waals surface area contributed by atoms with Crippen LogP contribution < -0.4 is 5.32 Å². The molecule has 1 fully saturated rings. The molecular formula is C18H22N2OS. The first kappa shape index (κ1) is 15.2. The lowest BCUT2D eigenvalue weighted by atomic mass is 10.1. The topological polar surface area (TPSA) is 42.0 Å². The van der Waals surface area contributed by atoms with Crippen molar-refractivity contribution >= 4 is 33.1 Å². The van der Waals surface area contributed by atoms with Crippen molar-refractivity contribution in [2.24, 2.45) is 17.3 Å². The van der Waals surface area contributed by atoms with Gasteiger partial charge in [-0.3, -0.25) is 4.79 Å². The molecule has 0 unspecified atom stereocenters. The van der Waals surface area contributed by atoms with Crippen LogP contribution in [0.15, 0.2) is 29.8 Å². The van der Waals surface area contributed by atoms with Crippen LogP contribution in [-0.2, 0) is 4.79 Å². The smallest absolute Gasteiger partial charge is 0.228 e. The van der Waals surface area contributed by atoms with Crippen LogP contribution in [0.3, 0.4) is 0 Å². The van der Waals surface area contributed by atoms with Gasteiger partial charge in [0, 0.05) is 5.69 Å². The number of aryl methyl sites for hydroxylation is 1. The van der Waals surface area contributed by atoms with E-state index >= 15 is 0 Å². The number of anilines is 1. The number of aromatic nitrogens is 1. The summed E-state index contributed by atoms with van der Waals surface area (Å²) in [6, 6.07) is 5.92. The van der Waals surface area contributed by atoms with Crippen molar-refractivity contribution in [3.05, 3.63) is 34.9 Å². The highest BCUT2D eigenvalue weighted by Gasteiger charge is 2.60. The van der Waals surface area contributed by atoms with Crippen molar-refractivity contribution < 1.29 is 4.79 Å². The molecule has 1 aliphatic carbocycles. The summed E-state index contributed by atoms with van der Waals surface area (Å²) in [4.78, 5) is 17.0. The monoisotopic (exact) mass is 314 g/mol. The fraction of sp³-hybridized carbons (Fsp3) is 0.444. The Morgan fingerprint density at radius 3 is 2.77 bits per heavy atom. The predicted molar refractivity (Wildman–Crippen MR) is 93.2 cm³/mol. The highest BCUT2D eigenvalue weighted by atomic mass is 32.1. The molecule has 3 nitrogen and oxygen atoms in total. The van der Waals surface area contributed by atoms with Crippen molar-refractivity contribution in [3.63, 3.8) is 0 Å². The van der Waals surface area contributed by atoms with Crippen molar-refractivity contribution in [2.75, 3.05) is 5.32 Å². The van der Waals surface area contributed by atoms with Crippen LogP contribution >= 0.6 is 11.3 Å². The van der Waals surface area contributed by atoms with Crippen LogP contribution in [-0.4, -0.2) is 10.9 Å². The summed E-state index contributed by atoms with van der Waals surface area (Å²) in [6.07, 6.45) is 2.22. The molecule has 1 aliphatic rings. The number of amides is 1. The molecule has 1 aromatic carbocycles. The Hall–Kier alpha value is -1.68. The average molecular weight is 314 g/mol. The third-order valence-electron chi connectivity index (χ3n) is 4.47. The first-order valence-corrected chi connectivity index (χ1v) is 8.44. The first-order chi connectivity index (χ1) is 10.3. The van der Waals surface area contributed by atoms with Gasteiger partial charge < -0.3 is 5.32 Å². The summed E-state index contributed by atoms with van der Waals surface area (Å²) in [6.45, 7) is 10.5. The predicted octanol–water partition coefficient (Wildman–Crippen LogP) is 4.78. The zero-order chi connectivity index (χ0) is 16.1. The number of carbonyl (C=O) groups is 1. The second-order valence-corrected chi connectivity index (χ2v) is 8.21. The molecule has 0 aliphatic heterocycles. The zero-order valence-corrected chi connectivity index (χ0v) is 14.5. The molecule has 116 valence electrons. The minimum atomic E-state index is 0.0481. The Morgan fingerprint density at radius 2 is 2.09 bits per heavy atom. The normalized spacial score (nSPS) is 22.4. The molecule has 3 rings (SSSR count). The number of benzene rings is 1. The van der Waals surface area contributed by atoms with Gasteiger partial charge in [0.2, 0.25) is 5.91 Å². The van der Waals surface area contributed by atoms with Crippen molar-refractivity contribution in [2.45, 2.75) is 34.6 Å². The van der Waals surface area contributed by atoms with Crippen LogP contribution in [0.4, 0.5) is 5.69 Å². The summed E-state index contributed by atoms with van der Waals surface area (Å²) >= 11 is 1.65. The Balaban J connectivity index is 1.77. The molecule has 0 saturated heterocycles. The fourth-order valence-corrected chi connectivity index (χ4v) is 4.05. The van der Waals surface area contributed by atoms with E-state index in [4.69, 9.17) is 0 Å². The van der Waals surface area contributed by atoms with Gasteiger partial charge in [0.1, 0.15) is 0 Å². The maximum Gasteiger partial charge on any atom is 0.228 e. The van der Waals surface area contributed by atoms with Crippen molar-refractivity contribution in [1.82, 2.24) is 4.98 Å².